The van der Waals surface area contributed by atoms with Crippen molar-refractivity contribution in [1.82, 2.24) is 16.0 Å². The molecule has 8 heteroatoms. The molecule has 1 fully saturated rings. The zero-order valence-electron chi connectivity index (χ0n) is 17.0. The number of halogens is 1. The first kappa shape index (κ1) is 24.9. The molecule has 3 N–H and O–H groups in total. The number of ether oxygens (including phenoxy) is 1. The van der Waals surface area contributed by atoms with Crippen LogP contribution >= 0.6 is 35.7 Å². The fraction of sp³-hybridized carbons (Fsp3) is 0.600. The topological polar surface area (TPSA) is 74.8 Å². The number of likely N-dealkylation sites (N-methyl/N-ethyl adjacent to an activating group) is 1. The largest absolute Gasteiger partial charge is 0.484 e. The van der Waals surface area contributed by atoms with Gasteiger partial charge in [-0.1, -0.05) is 19.1 Å². The molecular weight excluding hydrogens is 487 g/mol. The van der Waals surface area contributed by atoms with Crippen LogP contribution < -0.4 is 20.7 Å². The Bertz CT molecular complexity index is 630. The van der Waals surface area contributed by atoms with Crippen molar-refractivity contribution < 1.29 is 9.53 Å². The Hall–Kier alpha value is -1.16. The fourth-order valence-corrected chi connectivity index (χ4v) is 4.32. The van der Waals surface area contributed by atoms with Crippen LogP contribution in [0.5, 0.6) is 5.75 Å². The van der Waals surface area contributed by atoms with Crippen LogP contribution in [-0.2, 0) is 11.3 Å². The summed E-state index contributed by atoms with van der Waals surface area (Å²) >= 11 is 2.06. The Labute approximate surface area is 190 Å². The van der Waals surface area contributed by atoms with Gasteiger partial charge in [-0.3, -0.25) is 9.79 Å². The molecule has 1 aliphatic rings. The molecule has 2 unspecified atom stereocenters. The Balaban J connectivity index is 0.00000392. The molecule has 1 aliphatic carbocycles. The van der Waals surface area contributed by atoms with Crippen molar-refractivity contribution in [2.75, 3.05) is 26.0 Å². The highest BCUT2D eigenvalue weighted by atomic mass is 127. The monoisotopic (exact) mass is 520 g/mol. The lowest BCUT2D eigenvalue weighted by Gasteiger charge is -2.17. The summed E-state index contributed by atoms with van der Waals surface area (Å²) in [5.41, 5.74) is 1.08. The van der Waals surface area contributed by atoms with Crippen molar-refractivity contribution in [3.8, 4) is 5.75 Å². The number of guanidine groups is 1. The number of hydrogen-bond acceptors (Lipinski definition) is 4. The molecule has 0 saturated heterocycles. The molecule has 1 aromatic carbocycles. The van der Waals surface area contributed by atoms with E-state index in [2.05, 4.69) is 39.6 Å². The third-order valence-electron chi connectivity index (χ3n) is 4.45. The van der Waals surface area contributed by atoms with Crippen molar-refractivity contribution in [3.63, 3.8) is 0 Å². The maximum Gasteiger partial charge on any atom is 0.257 e. The first-order valence-corrected chi connectivity index (χ1v) is 10.8. The molecule has 1 aromatic rings. The number of amides is 1. The van der Waals surface area contributed by atoms with Crippen molar-refractivity contribution in [1.29, 1.82) is 0 Å². The molecule has 2 atom stereocenters. The zero-order valence-corrected chi connectivity index (χ0v) is 20.1. The molecule has 1 saturated carbocycles. The Morgan fingerprint density at radius 3 is 2.82 bits per heavy atom. The average molecular weight is 520 g/mol. The summed E-state index contributed by atoms with van der Waals surface area (Å²) in [6, 6.07) is 8.27. The van der Waals surface area contributed by atoms with Crippen LogP contribution in [0.3, 0.4) is 0 Å². The highest BCUT2D eigenvalue weighted by Crippen LogP contribution is 2.29. The van der Waals surface area contributed by atoms with E-state index in [4.69, 9.17) is 4.74 Å². The van der Waals surface area contributed by atoms with E-state index in [0.717, 1.165) is 16.8 Å². The van der Waals surface area contributed by atoms with Gasteiger partial charge in [0.25, 0.3) is 5.91 Å². The van der Waals surface area contributed by atoms with Gasteiger partial charge in [-0.25, -0.2) is 0 Å². The summed E-state index contributed by atoms with van der Waals surface area (Å²) in [6.45, 7) is 5.40. The molecule has 2 rings (SSSR count). The number of carbonyl (C=O) groups excluding carboxylic acids is 1. The van der Waals surface area contributed by atoms with Crippen LogP contribution in [0, 0.1) is 0 Å². The molecule has 0 radical (unpaired) electrons. The summed E-state index contributed by atoms with van der Waals surface area (Å²) in [5.74, 6) is 2.60. The average Bonchev–Trinajstić information content (AvgIpc) is 3.11. The number of aliphatic imine (C=N–C) groups is 1. The summed E-state index contributed by atoms with van der Waals surface area (Å²) in [5, 5.41) is 10.4. The van der Waals surface area contributed by atoms with Crippen molar-refractivity contribution in [2.45, 2.75) is 50.9 Å². The van der Waals surface area contributed by atoms with Gasteiger partial charge in [0, 0.05) is 31.4 Å². The number of benzene rings is 1. The summed E-state index contributed by atoms with van der Waals surface area (Å²) < 4.78 is 5.55. The minimum atomic E-state index is -0.110. The quantitative estimate of drug-likeness (QED) is 0.265. The third-order valence-corrected chi connectivity index (χ3v) is 5.69. The number of carbonyl (C=O) groups is 1. The zero-order chi connectivity index (χ0) is 19.5. The van der Waals surface area contributed by atoms with Gasteiger partial charge >= 0.3 is 0 Å². The Morgan fingerprint density at radius 1 is 1.29 bits per heavy atom. The smallest absolute Gasteiger partial charge is 0.257 e. The van der Waals surface area contributed by atoms with E-state index in [-0.39, 0.29) is 36.5 Å². The molecule has 0 aliphatic heterocycles. The second kappa shape index (κ2) is 13.9. The molecule has 0 bridgehead atoms. The Morgan fingerprint density at radius 2 is 2.11 bits per heavy atom. The van der Waals surface area contributed by atoms with E-state index < -0.39 is 0 Å². The van der Waals surface area contributed by atoms with Crippen LogP contribution in [0.25, 0.3) is 0 Å². The van der Waals surface area contributed by atoms with E-state index in [1.54, 1.807) is 7.05 Å². The highest BCUT2D eigenvalue weighted by molar-refractivity contribution is 14.0. The van der Waals surface area contributed by atoms with Crippen LogP contribution in [0.2, 0.25) is 0 Å². The number of rotatable bonds is 9. The van der Waals surface area contributed by atoms with Crippen molar-refractivity contribution >= 4 is 47.6 Å². The maximum atomic E-state index is 11.5. The van der Waals surface area contributed by atoms with Gasteiger partial charge in [0.1, 0.15) is 5.75 Å². The lowest BCUT2D eigenvalue weighted by Crippen LogP contribution is -2.42. The molecule has 158 valence electrons. The molecule has 0 spiro atoms. The van der Waals surface area contributed by atoms with Gasteiger partial charge < -0.3 is 20.7 Å². The summed E-state index contributed by atoms with van der Waals surface area (Å²) in [7, 11) is 1.80. The number of nitrogens with one attached hydrogen (secondary N) is 3. The predicted molar refractivity (Wildman–Crippen MR) is 129 cm³/mol. The highest BCUT2D eigenvalue weighted by Gasteiger charge is 2.25. The first-order chi connectivity index (χ1) is 13.1. The molecular formula is C20H33IN4O2S. The second-order valence-corrected chi connectivity index (χ2v) is 8.12. The lowest BCUT2D eigenvalue weighted by molar-refractivity contribution is -0.122. The number of hydrogen-bond donors (Lipinski definition) is 3. The standard InChI is InChI=1S/C20H32N4O2S.HI/c1-4-22-19(25)14-26-17-8-6-7-15(11-17)13-23-20(21-3)24-16-9-10-18(12-16)27-5-2;/h6-8,11,16,18H,4-5,9-10,12-14H2,1-3H3,(H,22,25)(H2,21,23,24);1H. The first-order valence-electron chi connectivity index (χ1n) is 9.71. The van der Waals surface area contributed by atoms with E-state index in [1.165, 1.54) is 25.0 Å². The SMILES string of the molecule is CCNC(=O)COc1cccc(CNC(=NC)NC2CCC(SCC)C2)c1.I. The molecule has 1 amide bonds. The van der Waals surface area contributed by atoms with Gasteiger partial charge in [-0.15, -0.1) is 24.0 Å². The predicted octanol–water partition coefficient (Wildman–Crippen LogP) is 3.16. The second-order valence-electron chi connectivity index (χ2n) is 6.55. The van der Waals surface area contributed by atoms with E-state index in [0.29, 0.717) is 24.9 Å². The molecule has 6 nitrogen and oxygen atoms in total. The lowest BCUT2D eigenvalue weighted by atomic mass is 10.2. The molecule has 0 heterocycles. The van der Waals surface area contributed by atoms with E-state index in [1.807, 2.05) is 31.2 Å². The van der Waals surface area contributed by atoms with E-state index in [9.17, 15) is 4.79 Å². The van der Waals surface area contributed by atoms with E-state index >= 15 is 0 Å². The van der Waals surface area contributed by atoms with Gasteiger partial charge in [0.15, 0.2) is 12.6 Å². The van der Waals surface area contributed by atoms with Gasteiger partial charge in [-0.2, -0.15) is 11.8 Å². The van der Waals surface area contributed by atoms with Crippen LogP contribution in [0.1, 0.15) is 38.7 Å². The minimum absolute atomic E-state index is 0. The van der Waals surface area contributed by atoms with Gasteiger partial charge in [0.05, 0.1) is 0 Å². The fourth-order valence-electron chi connectivity index (χ4n) is 3.17. The molecule has 28 heavy (non-hydrogen) atoms. The summed E-state index contributed by atoms with van der Waals surface area (Å²) in [6.07, 6.45) is 3.67. The molecule has 0 aromatic heterocycles. The van der Waals surface area contributed by atoms with Gasteiger partial charge in [0.2, 0.25) is 0 Å². The number of thioether (sulfide) groups is 1. The van der Waals surface area contributed by atoms with Crippen LogP contribution in [-0.4, -0.2) is 49.1 Å². The van der Waals surface area contributed by atoms with Crippen molar-refractivity contribution in [2.24, 2.45) is 4.99 Å². The normalized spacial score (nSPS) is 18.9. The Kier molecular flexibility index (Phi) is 12.4. The minimum Gasteiger partial charge on any atom is -0.484 e. The van der Waals surface area contributed by atoms with Crippen LogP contribution in [0.15, 0.2) is 29.3 Å². The van der Waals surface area contributed by atoms with Gasteiger partial charge in [-0.05, 0) is 49.6 Å². The maximum absolute atomic E-state index is 11.5. The third kappa shape index (κ3) is 8.89. The van der Waals surface area contributed by atoms with Crippen LogP contribution in [0.4, 0.5) is 0 Å². The van der Waals surface area contributed by atoms with Crippen molar-refractivity contribution in [3.05, 3.63) is 29.8 Å². The summed E-state index contributed by atoms with van der Waals surface area (Å²) in [4.78, 5) is 15.9. The number of nitrogens with zero attached hydrogens (tertiary/aromatic N) is 1.